The number of unbranched alkanes of at least 4 members (excludes halogenated alkanes) is 2. The largest absolute Gasteiger partial charge is 0.492 e. The molecular formula is C25H31N3O2. The first-order chi connectivity index (χ1) is 14.7. The van der Waals surface area contributed by atoms with Gasteiger partial charge in [-0.05, 0) is 57.0 Å². The van der Waals surface area contributed by atoms with Gasteiger partial charge in [0.1, 0.15) is 18.2 Å². The van der Waals surface area contributed by atoms with E-state index in [0.29, 0.717) is 13.2 Å². The number of hydrogen-bond acceptors (Lipinski definition) is 3. The predicted octanol–water partition coefficient (Wildman–Crippen LogP) is 4.83. The number of imidazole rings is 1. The third-order valence-corrected chi connectivity index (χ3v) is 5.03. The smallest absolute Gasteiger partial charge is 0.243 e. The minimum absolute atomic E-state index is 0.0205. The number of aryl methyl sites for hydroxylation is 2. The highest BCUT2D eigenvalue weighted by molar-refractivity contribution is 5.87. The van der Waals surface area contributed by atoms with Crippen LogP contribution in [0, 0.1) is 6.92 Å². The molecule has 0 spiro atoms. The van der Waals surface area contributed by atoms with Gasteiger partial charge >= 0.3 is 0 Å². The number of nitrogens with zero attached hydrogens (tertiary/aromatic N) is 2. The lowest BCUT2D eigenvalue weighted by Crippen LogP contribution is -2.22. The minimum atomic E-state index is -0.0205. The quantitative estimate of drug-likeness (QED) is 0.367. The van der Waals surface area contributed by atoms with E-state index in [-0.39, 0.29) is 5.91 Å². The summed E-state index contributed by atoms with van der Waals surface area (Å²) in [6.07, 6.45) is 7.30. The number of rotatable bonds is 11. The predicted molar refractivity (Wildman–Crippen MR) is 122 cm³/mol. The topological polar surface area (TPSA) is 56.2 Å². The van der Waals surface area contributed by atoms with Gasteiger partial charge in [-0.3, -0.25) is 4.79 Å². The van der Waals surface area contributed by atoms with Crippen molar-refractivity contribution in [1.82, 2.24) is 14.9 Å². The number of allylic oxidation sites excluding steroid dienone is 1. The first-order valence-corrected chi connectivity index (χ1v) is 10.7. The molecule has 0 fully saturated rings. The second-order valence-corrected chi connectivity index (χ2v) is 7.43. The van der Waals surface area contributed by atoms with Crippen molar-refractivity contribution in [2.75, 3.05) is 13.2 Å². The Labute approximate surface area is 178 Å². The summed E-state index contributed by atoms with van der Waals surface area (Å²) in [5, 5.41) is 2.90. The molecule has 3 rings (SSSR count). The summed E-state index contributed by atoms with van der Waals surface area (Å²) in [6, 6.07) is 16.4. The first-order valence-electron chi connectivity index (χ1n) is 10.7. The third-order valence-electron chi connectivity index (χ3n) is 5.03. The van der Waals surface area contributed by atoms with E-state index >= 15 is 0 Å². The Morgan fingerprint density at radius 3 is 2.70 bits per heavy atom. The van der Waals surface area contributed by atoms with E-state index in [1.807, 2.05) is 25.1 Å². The standard InChI is InChI=1S/C25H31N3O2/c1-3-9-25(29)26-17-8-4-5-12-24-27-22-10-6-7-11-23(22)28(24)18-19-30-21-15-13-20(2)14-16-21/h3,6-7,9-11,13-16H,4-5,8,12,17-19H2,1-2H3,(H,26,29)/b9-3+. The van der Waals surface area contributed by atoms with Crippen LogP contribution in [0.25, 0.3) is 11.0 Å². The minimum Gasteiger partial charge on any atom is -0.492 e. The van der Waals surface area contributed by atoms with Gasteiger partial charge in [0.05, 0.1) is 17.6 Å². The third kappa shape index (κ3) is 6.21. The first kappa shape index (κ1) is 21.6. The molecular weight excluding hydrogens is 374 g/mol. The molecule has 2 aromatic carbocycles. The van der Waals surface area contributed by atoms with Gasteiger partial charge in [-0.15, -0.1) is 0 Å². The molecule has 0 unspecified atom stereocenters. The van der Waals surface area contributed by atoms with Crippen molar-refractivity contribution in [2.24, 2.45) is 0 Å². The van der Waals surface area contributed by atoms with Crippen LogP contribution < -0.4 is 10.1 Å². The van der Waals surface area contributed by atoms with Crippen molar-refractivity contribution in [3.63, 3.8) is 0 Å². The molecule has 0 atom stereocenters. The molecule has 30 heavy (non-hydrogen) atoms. The zero-order valence-corrected chi connectivity index (χ0v) is 17.9. The lowest BCUT2D eigenvalue weighted by Gasteiger charge is -2.11. The summed E-state index contributed by atoms with van der Waals surface area (Å²) in [7, 11) is 0. The second-order valence-electron chi connectivity index (χ2n) is 7.43. The zero-order valence-electron chi connectivity index (χ0n) is 17.9. The van der Waals surface area contributed by atoms with Crippen LogP contribution in [0.1, 0.15) is 37.6 Å². The zero-order chi connectivity index (χ0) is 21.2. The molecule has 1 amide bonds. The van der Waals surface area contributed by atoms with Gasteiger partial charge in [0.2, 0.25) is 5.91 Å². The van der Waals surface area contributed by atoms with Crippen LogP contribution in [0.15, 0.2) is 60.7 Å². The van der Waals surface area contributed by atoms with Crippen LogP contribution in [0.4, 0.5) is 0 Å². The summed E-state index contributed by atoms with van der Waals surface area (Å²) >= 11 is 0. The average molecular weight is 406 g/mol. The van der Waals surface area contributed by atoms with E-state index in [1.165, 1.54) is 5.56 Å². The van der Waals surface area contributed by atoms with Crippen molar-refractivity contribution in [2.45, 2.75) is 46.1 Å². The van der Waals surface area contributed by atoms with E-state index in [2.05, 4.69) is 47.1 Å². The van der Waals surface area contributed by atoms with E-state index < -0.39 is 0 Å². The fraction of sp³-hybridized carbons (Fsp3) is 0.360. The van der Waals surface area contributed by atoms with Gasteiger partial charge in [0.25, 0.3) is 0 Å². The molecule has 1 aromatic heterocycles. The van der Waals surface area contributed by atoms with Crippen LogP contribution in [0.3, 0.4) is 0 Å². The number of benzene rings is 2. The van der Waals surface area contributed by atoms with Crippen molar-refractivity contribution >= 4 is 16.9 Å². The van der Waals surface area contributed by atoms with Gasteiger partial charge in [-0.2, -0.15) is 0 Å². The van der Waals surface area contributed by atoms with Crippen molar-refractivity contribution in [3.8, 4) is 5.75 Å². The molecule has 0 saturated heterocycles. The summed E-state index contributed by atoms with van der Waals surface area (Å²) in [5.74, 6) is 1.97. The number of ether oxygens (including phenoxy) is 1. The van der Waals surface area contributed by atoms with Gasteiger partial charge in [-0.25, -0.2) is 4.98 Å². The number of carbonyl (C=O) groups excluding carboxylic acids is 1. The summed E-state index contributed by atoms with van der Waals surface area (Å²) < 4.78 is 8.22. The number of aromatic nitrogens is 2. The molecule has 0 aliphatic carbocycles. The van der Waals surface area contributed by atoms with Crippen LogP contribution in [0.2, 0.25) is 0 Å². The molecule has 0 saturated carbocycles. The molecule has 3 aromatic rings. The Morgan fingerprint density at radius 1 is 1.10 bits per heavy atom. The number of nitrogens with one attached hydrogen (secondary N) is 1. The van der Waals surface area contributed by atoms with Crippen LogP contribution >= 0.6 is 0 Å². The molecule has 5 heteroatoms. The SMILES string of the molecule is C/C=C/C(=O)NCCCCCc1nc2ccccc2n1CCOc1ccc(C)cc1. The van der Waals surface area contributed by atoms with Crippen molar-refractivity contribution in [3.05, 3.63) is 72.1 Å². The summed E-state index contributed by atoms with van der Waals surface area (Å²) in [5.41, 5.74) is 3.41. The molecule has 5 nitrogen and oxygen atoms in total. The monoisotopic (exact) mass is 405 g/mol. The molecule has 0 bridgehead atoms. The number of fused-ring (bicyclic) bond motifs is 1. The lowest BCUT2D eigenvalue weighted by atomic mass is 10.2. The van der Waals surface area contributed by atoms with E-state index in [0.717, 1.165) is 54.8 Å². The maximum atomic E-state index is 11.4. The molecule has 158 valence electrons. The highest BCUT2D eigenvalue weighted by Gasteiger charge is 2.10. The van der Waals surface area contributed by atoms with Gasteiger partial charge in [-0.1, -0.05) is 42.3 Å². The van der Waals surface area contributed by atoms with Gasteiger partial charge in [0.15, 0.2) is 0 Å². The van der Waals surface area contributed by atoms with Crippen molar-refractivity contribution in [1.29, 1.82) is 0 Å². The maximum Gasteiger partial charge on any atom is 0.243 e. The number of amides is 1. The van der Waals surface area contributed by atoms with E-state index in [9.17, 15) is 4.79 Å². The van der Waals surface area contributed by atoms with Crippen molar-refractivity contribution < 1.29 is 9.53 Å². The fourth-order valence-corrected chi connectivity index (χ4v) is 3.46. The molecule has 0 radical (unpaired) electrons. The van der Waals surface area contributed by atoms with Gasteiger partial charge < -0.3 is 14.6 Å². The Hall–Kier alpha value is -3.08. The molecule has 1 N–H and O–H groups in total. The fourth-order valence-electron chi connectivity index (χ4n) is 3.46. The maximum absolute atomic E-state index is 11.4. The second kappa shape index (κ2) is 11.2. The van der Waals surface area contributed by atoms with Crippen LogP contribution in [-0.2, 0) is 17.8 Å². The van der Waals surface area contributed by atoms with E-state index in [4.69, 9.17) is 9.72 Å². The normalized spacial score (nSPS) is 11.3. The lowest BCUT2D eigenvalue weighted by molar-refractivity contribution is -0.116. The van der Waals surface area contributed by atoms with Crippen LogP contribution in [0.5, 0.6) is 5.75 Å². The Balaban J connectivity index is 1.53. The number of carbonyl (C=O) groups is 1. The van der Waals surface area contributed by atoms with Crippen LogP contribution in [-0.4, -0.2) is 28.6 Å². The van der Waals surface area contributed by atoms with Gasteiger partial charge in [0, 0.05) is 13.0 Å². The summed E-state index contributed by atoms with van der Waals surface area (Å²) in [6.45, 7) is 6.00. The van der Waals surface area contributed by atoms with E-state index in [1.54, 1.807) is 12.2 Å². The average Bonchev–Trinajstić information content (AvgIpc) is 3.10. The highest BCUT2D eigenvalue weighted by Crippen LogP contribution is 2.18. The Morgan fingerprint density at radius 2 is 1.90 bits per heavy atom. The number of hydrogen-bond donors (Lipinski definition) is 1. The molecule has 0 aliphatic heterocycles. The molecule has 0 aliphatic rings. The highest BCUT2D eigenvalue weighted by atomic mass is 16.5. The Bertz CT molecular complexity index is 974. The Kier molecular flexibility index (Phi) is 8.07. The molecule has 1 heterocycles. The summed E-state index contributed by atoms with van der Waals surface area (Å²) in [4.78, 5) is 16.3. The number of para-hydroxylation sites is 2.